The van der Waals surface area contributed by atoms with E-state index in [0.717, 1.165) is 32.2 Å². The first kappa shape index (κ1) is 25.4. The molecule has 33 heavy (non-hydrogen) atoms. The van der Waals surface area contributed by atoms with Crippen LogP contribution >= 0.6 is 11.6 Å². The van der Waals surface area contributed by atoms with Crippen molar-refractivity contribution in [2.75, 3.05) is 37.0 Å². The Balaban J connectivity index is 1.72. The zero-order valence-electron chi connectivity index (χ0n) is 19.3. The van der Waals surface area contributed by atoms with Crippen LogP contribution < -0.4 is 15.8 Å². The van der Waals surface area contributed by atoms with Crippen LogP contribution in [0.2, 0.25) is 5.28 Å². The van der Waals surface area contributed by atoms with E-state index in [-0.39, 0.29) is 42.0 Å². The number of halogens is 2. The molecule has 0 aromatic carbocycles. The third kappa shape index (κ3) is 6.21. The number of hydrazine groups is 1. The van der Waals surface area contributed by atoms with E-state index in [1.165, 1.54) is 0 Å². The Bertz CT molecular complexity index is 842. The summed E-state index contributed by atoms with van der Waals surface area (Å²) in [4.78, 5) is 35.7. The lowest BCUT2D eigenvalue weighted by Crippen LogP contribution is -2.56. The highest BCUT2D eigenvalue weighted by molar-refractivity contribution is 6.28. The van der Waals surface area contributed by atoms with E-state index in [9.17, 15) is 14.8 Å². The quantitative estimate of drug-likeness (QED) is 0.211. The molecule has 0 bridgehead atoms. The van der Waals surface area contributed by atoms with Gasteiger partial charge in [0.15, 0.2) is 11.6 Å². The Labute approximate surface area is 198 Å². The summed E-state index contributed by atoms with van der Waals surface area (Å²) < 4.78 is 15.3. The normalized spacial score (nSPS) is 22.8. The molecule has 1 aromatic heterocycles. The number of rotatable bonds is 9. The lowest BCUT2D eigenvalue weighted by atomic mass is 9.92. The average molecular weight is 486 g/mol. The van der Waals surface area contributed by atoms with Gasteiger partial charge in [-0.15, -0.1) is 0 Å². The molecule has 1 saturated carbocycles. The predicted octanol–water partition coefficient (Wildman–Crippen LogP) is 2.29. The van der Waals surface area contributed by atoms with Crippen molar-refractivity contribution in [1.29, 1.82) is 0 Å². The fraction of sp³-hybridized carbons (Fsp3) is 0.714. The van der Waals surface area contributed by atoms with Crippen molar-refractivity contribution < 1.29 is 19.2 Å². The van der Waals surface area contributed by atoms with E-state index in [4.69, 9.17) is 11.6 Å². The highest BCUT2D eigenvalue weighted by Gasteiger charge is 2.32. The summed E-state index contributed by atoms with van der Waals surface area (Å²) in [5, 5.41) is 9.93. The number of hydroxylamine groups is 2. The molecule has 2 aliphatic rings. The van der Waals surface area contributed by atoms with E-state index in [2.05, 4.69) is 32.6 Å². The molecule has 12 heteroatoms. The maximum atomic E-state index is 15.3. The minimum Gasteiger partial charge on any atom is -0.348 e. The van der Waals surface area contributed by atoms with Crippen molar-refractivity contribution in [2.45, 2.75) is 58.0 Å². The minimum atomic E-state index is -0.715. The number of hydrogen-bond donors (Lipinski definition) is 3. The SMILES string of the molecule is CC1C(C)N(c2nc(Cl)nc(NNC(=O)[C@H](CC3CCCC3)CN(O)C=O)c2F)CCN1C. The summed E-state index contributed by atoms with van der Waals surface area (Å²) in [6.07, 6.45) is 4.99. The summed E-state index contributed by atoms with van der Waals surface area (Å²) in [7, 11) is 2.02. The van der Waals surface area contributed by atoms with Crippen molar-refractivity contribution in [1.82, 2.24) is 25.4 Å². The van der Waals surface area contributed by atoms with Gasteiger partial charge < -0.3 is 4.90 Å². The van der Waals surface area contributed by atoms with E-state index < -0.39 is 17.6 Å². The zero-order chi connectivity index (χ0) is 24.1. The number of nitrogens with one attached hydrogen (secondary N) is 2. The van der Waals surface area contributed by atoms with Crippen LogP contribution in [0.25, 0.3) is 0 Å². The second-order valence-electron chi connectivity index (χ2n) is 9.06. The molecule has 1 saturated heterocycles. The van der Waals surface area contributed by atoms with Crippen LogP contribution in [0.15, 0.2) is 0 Å². The number of carbonyl (C=O) groups is 2. The van der Waals surface area contributed by atoms with Gasteiger partial charge in [0.25, 0.3) is 0 Å². The van der Waals surface area contributed by atoms with Crippen molar-refractivity contribution >= 4 is 35.6 Å². The smallest absolute Gasteiger partial charge is 0.243 e. The first-order valence-electron chi connectivity index (χ1n) is 11.4. The van der Waals surface area contributed by atoms with Crippen LogP contribution in [0.5, 0.6) is 0 Å². The third-order valence-electron chi connectivity index (χ3n) is 6.95. The van der Waals surface area contributed by atoms with E-state index in [1.54, 1.807) is 0 Å². The molecule has 1 aliphatic heterocycles. The fourth-order valence-electron chi connectivity index (χ4n) is 4.69. The lowest BCUT2D eigenvalue weighted by molar-refractivity contribution is -0.154. The highest BCUT2D eigenvalue weighted by atomic mass is 35.5. The summed E-state index contributed by atoms with van der Waals surface area (Å²) in [6, 6.07) is 0.167. The van der Waals surface area contributed by atoms with Gasteiger partial charge in [-0.2, -0.15) is 14.4 Å². The van der Waals surface area contributed by atoms with E-state index in [0.29, 0.717) is 23.9 Å². The van der Waals surface area contributed by atoms with Gasteiger partial charge in [0.1, 0.15) is 0 Å². The number of likely N-dealkylation sites (N-methyl/N-ethyl adjacent to an activating group) is 1. The number of anilines is 2. The molecule has 0 radical (unpaired) electrons. The Morgan fingerprint density at radius 1 is 1.30 bits per heavy atom. The summed E-state index contributed by atoms with van der Waals surface area (Å²) in [6.45, 7) is 5.21. The van der Waals surface area contributed by atoms with Crippen LogP contribution in [-0.4, -0.2) is 76.2 Å². The number of aromatic nitrogens is 2. The van der Waals surface area contributed by atoms with E-state index >= 15 is 4.39 Å². The van der Waals surface area contributed by atoms with Gasteiger partial charge in [0.05, 0.1) is 12.5 Å². The van der Waals surface area contributed by atoms with Gasteiger partial charge in [-0.25, -0.2) is 5.06 Å². The molecule has 2 fully saturated rings. The fourth-order valence-corrected chi connectivity index (χ4v) is 4.85. The van der Waals surface area contributed by atoms with Gasteiger partial charge in [-0.1, -0.05) is 25.7 Å². The Hall–Kier alpha value is -2.24. The Morgan fingerprint density at radius 3 is 2.67 bits per heavy atom. The summed E-state index contributed by atoms with van der Waals surface area (Å²) >= 11 is 6.08. The highest BCUT2D eigenvalue weighted by Crippen LogP contribution is 2.31. The number of hydrogen-bond acceptors (Lipinski definition) is 8. The molecule has 2 heterocycles. The average Bonchev–Trinajstić information content (AvgIpc) is 3.30. The molecule has 1 aliphatic carbocycles. The molecule has 2 amide bonds. The molecular weight excluding hydrogens is 453 g/mol. The van der Waals surface area contributed by atoms with Crippen molar-refractivity contribution in [2.24, 2.45) is 11.8 Å². The monoisotopic (exact) mass is 485 g/mol. The number of nitrogens with zero attached hydrogens (tertiary/aromatic N) is 5. The van der Waals surface area contributed by atoms with Crippen LogP contribution in [0.1, 0.15) is 46.0 Å². The van der Waals surface area contributed by atoms with Crippen LogP contribution in [-0.2, 0) is 9.59 Å². The van der Waals surface area contributed by atoms with Gasteiger partial charge in [0, 0.05) is 25.2 Å². The van der Waals surface area contributed by atoms with E-state index in [1.807, 2.05) is 18.9 Å². The lowest BCUT2D eigenvalue weighted by Gasteiger charge is -2.44. The number of piperazine rings is 1. The van der Waals surface area contributed by atoms with Gasteiger partial charge in [-0.05, 0) is 44.8 Å². The predicted molar refractivity (Wildman–Crippen MR) is 122 cm³/mol. The van der Waals surface area contributed by atoms with Crippen molar-refractivity contribution in [3.8, 4) is 0 Å². The maximum absolute atomic E-state index is 15.3. The molecule has 2 unspecified atom stereocenters. The molecular formula is C21H33ClFN7O3. The molecule has 1 aromatic rings. The third-order valence-corrected chi connectivity index (χ3v) is 7.12. The minimum absolute atomic E-state index is 0.0127. The molecule has 3 N–H and O–H groups in total. The maximum Gasteiger partial charge on any atom is 0.243 e. The first-order valence-corrected chi connectivity index (χ1v) is 11.8. The van der Waals surface area contributed by atoms with Crippen LogP contribution in [0.3, 0.4) is 0 Å². The molecule has 3 atom stereocenters. The van der Waals surface area contributed by atoms with Crippen molar-refractivity contribution in [3.05, 3.63) is 11.1 Å². The molecule has 10 nitrogen and oxygen atoms in total. The standard InChI is InChI=1S/C21H33ClFN7O3/c1-13-14(2)30(9-8-28(13)3)19-17(23)18(24-21(22)25-19)26-27-20(32)16(11-29(33)12-31)10-15-6-4-5-7-15/h12-16,33H,4-11H2,1-3H3,(H,27,32)(H,24,25,26)/t13?,14?,16-/m1/s1. The second-order valence-corrected chi connectivity index (χ2v) is 9.40. The van der Waals surface area contributed by atoms with Crippen LogP contribution in [0, 0.1) is 17.7 Å². The van der Waals surface area contributed by atoms with Gasteiger partial charge >= 0.3 is 0 Å². The largest absolute Gasteiger partial charge is 0.348 e. The molecule has 184 valence electrons. The Kier molecular flexibility index (Phi) is 8.66. The Morgan fingerprint density at radius 2 is 2.00 bits per heavy atom. The van der Waals surface area contributed by atoms with Crippen molar-refractivity contribution in [3.63, 3.8) is 0 Å². The van der Waals surface area contributed by atoms with Gasteiger partial charge in [0.2, 0.25) is 23.4 Å². The number of amides is 2. The molecule has 3 rings (SSSR count). The zero-order valence-corrected chi connectivity index (χ0v) is 20.1. The summed E-state index contributed by atoms with van der Waals surface area (Å²) in [5.41, 5.74) is 5.00. The second kappa shape index (κ2) is 11.3. The summed E-state index contributed by atoms with van der Waals surface area (Å²) in [5.74, 6) is -1.67. The topological polar surface area (TPSA) is 114 Å². The van der Waals surface area contributed by atoms with Crippen LogP contribution in [0.4, 0.5) is 16.0 Å². The van der Waals surface area contributed by atoms with Gasteiger partial charge in [-0.3, -0.25) is 30.5 Å². The molecule has 0 spiro atoms. The first-order chi connectivity index (χ1) is 15.7. The number of carbonyl (C=O) groups excluding carboxylic acids is 2.